The summed E-state index contributed by atoms with van der Waals surface area (Å²) in [7, 11) is 1.65. The molecule has 1 aliphatic heterocycles. The average Bonchev–Trinajstić information content (AvgIpc) is 2.93. The standard InChI is InChI=1S/C16H19N5O2/c1-4-23-14(22)12-10-18-15(17-3)21-13(12)19-16(2,20-21)11-8-6-5-7-9-11/h5-10,19-20H,4H2,1-3H3. The third-order valence-corrected chi connectivity index (χ3v) is 3.74. The second-order valence-electron chi connectivity index (χ2n) is 5.33. The van der Waals surface area contributed by atoms with Gasteiger partial charge in [0, 0.05) is 13.2 Å². The molecule has 7 heteroatoms. The molecule has 0 amide bonds. The van der Waals surface area contributed by atoms with Crippen molar-refractivity contribution < 1.29 is 9.53 Å². The molecule has 1 unspecified atom stereocenters. The minimum absolute atomic E-state index is 0.307. The number of rotatable bonds is 3. The second kappa shape index (κ2) is 5.75. The van der Waals surface area contributed by atoms with Crippen molar-refractivity contribution in [2.45, 2.75) is 19.5 Å². The summed E-state index contributed by atoms with van der Waals surface area (Å²) in [6.45, 7) is 4.07. The number of nitrogens with one attached hydrogen (secondary N) is 2. The fraction of sp³-hybridized carbons (Fsp3) is 0.312. The van der Waals surface area contributed by atoms with Crippen molar-refractivity contribution in [2.24, 2.45) is 4.99 Å². The number of esters is 1. The number of fused-ring (bicyclic) bond motifs is 1. The van der Waals surface area contributed by atoms with Gasteiger partial charge in [-0.25, -0.2) is 14.5 Å². The first-order chi connectivity index (χ1) is 11.1. The first-order valence-electron chi connectivity index (χ1n) is 7.43. The minimum Gasteiger partial charge on any atom is -0.462 e. The van der Waals surface area contributed by atoms with E-state index in [1.165, 1.54) is 6.20 Å². The smallest absolute Gasteiger partial charge is 0.343 e. The molecule has 1 aromatic carbocycles. The van der Waals surface area contributed by atoms with Gasteiger partial charge in [0.2, 0.25) is 5.62 Å². The lowest BCUT2D eigenvalue weighted by Gasteiger charge is -2.25. The van der Waals surface area contributed by atoms with Crippen LogP contribution in [0.15, 0.2) is 41.5 Å². The zero-order valence-electron chi connectivity index (χ0n) is 13.3. The van der Waals surface area contributed by atoms with E-state index in [1.807, 2.05) is 37.3 Å². The van der Waals surface area contributed by atoms with Crippen LogP contribution < -0.4 is 16.4 Å². The highest BCUT2D eigenvalue weighted by atomic mass is 16.5. The van der Waals surface area contributed by atoms with Crippen LogP contribution in [0.2, 0.25) is 0 Å². The van der Waals surface area contributed by atoms with Crippen molar-refractivity contribution in [1.29, 1.82) is 0 Å². The van der Waals surface area contributed by atoms with Crippen molar-refractivity contribution in [3.8, 4) is 0 Å². The van der Waals surface area contributed by atoms with Crippen molar-refractivity contribution in [3.63, 3.8) is 0 Å². The van der Waals surface area contributed by atoms with Crippen LogP contribution in [-0.4, -0.2) is 29.3 Å². The molecule has 2 heterocycles. The number of anilines is 1. The summed E-state index contributed by atoms with van der Waals surface area (Å²) in [5, 5.41) is 3.36. The largest absolute Gasteiger partial charge is 0.462 e. The van der Waals surface area contributed by atoms with Crippen LogP contribution in [0.25, 0.3) is 0 Å². The van der Waals surface area contributed by atoms with E-state index in [2.05, 4.69) is 20.7 Å². The van der Waals surface area contributed by atoms with Gasteiger partial charge in [-0.1, -0.05) is 30.3 Å². The summed E-state index contributed by atoms with van der Waals surface area (Å²) in [6, 6.07) is 9.90. The number of benzene rings is 1. The third kappa shape index (κ3) is 2.54. The molecular weight excluding hydrogens is 294 g/mol. The summed E-state index contributed by atoms with van der Waals surface area (Å²) in [4.78, 5) is 20.5. The van der Waals surface area contributed by atoms with Crippen LogP contribution in [0.3, 0.4) is 0 Å². The van der Waals surface area contributed by atoms with Gasteiger partial charge in [0.1, 0.15) is 17.0 Å². The van der Waals surface area contributed by atoms with Gasteiger partial charge >= 0.3 is 5.97 Å². The predicted octanol–water partition coefficient (Wildman–Crippen LogP) is 1.43. The molecule has 0 saturated carbocycles. The van der Waals surface area contributed by atoms with Crippen molar-refractivity contribution >= 4 is 11.8 Å². The molecule has 1 atom stereocenters. The fourth-order valence-electron chi connectivity index (χ4n) is 2.60. The van der Waals surface area contributed by atoms with Gasteiger partial charge in [-0.15, -0.1) is 0 Å². The van der Waals surface area contributed by atoms with Crippen LogP contribution in [0.4, 0.5) is 5.82 Å². The van der Waals surface area contributed by atoms with E-state index in [1.54, 1.807) is 18.6 Å². The van der Waals surface area contributed by atoms with Crippen molar-refractivity contribution in [1.82, 2.24) is 9.66 Å². The average molecular weight is 313 g/mol. The summed E-state index contributed by atoms with van der Waals surface area (Å²) >= 11 is 0. The quantitative estimate of drug-likeness (QED) is 0.838. The third-order valence-electron chi connectivity index (χ3n) is 3.74. The maximum Gasteiger partial charge on any atom is 0.343 e. The van der Waals surface area contributed by atoms with Gasteiger partial charge in [0.05, 0.1) is 6.61 Å². The van der Waals surface area contributed by atoms with Crippen molar-refractivity contribution in [3.05, 3.63) is 53.3 Å². The summed E-state index contributed by atoms with van der Waals surface area (Å²) in [6.07, 6.45) is 1.48. The number of nitrogens with zero attached hydrogens (tertiary/aromatic N) is 3. The molecule has 3 rings (SSSR count). The molecule has 7 nitrogen and oxygen atoms in total. The fourth-order valence-corrected chi connectivity index (χ4v) is 2.60. The van der Waals surface area contributed by atoms with E-state index in [4.69, 9.17) is 4.74 Å². The van der Waals surface area contributed by atoms with Gasteiger partial charge in [-0.3, -0.25) is 10.4 Å². The van der Waals surface area contributed by atoms with Gasteiger partial charge in [0.25, 0.3) is 0 Å². The van der Waals surface area contributed by atoms with Crippen molar-refractivity contribution in [2.75, 3.05) is 24.4 Å². The van der Waals surface area contributed by atoms with Crippen LogP contribution >= 0.6 is 0 Å². The summed E-state index contributed by atoms with van der Waals surface area (Å²) < 4.78 is 6.79. The zero-order chi connectivity index (χ0) is 16.4. The van der Waals surface area contributed by atoms with E-state index in [-0.39, 0.29) is 0 Å². The molecule has 23 heavy (non-hydrogen) atoms. The second-order valence-corrected chi connectivity index (χ2v) is 5.33. The highest BCUT2D eigenvalue weighted by molar-refractivity contribution is 5.95. The number of carbonyl (C=O) groups excluding carboxylic acids is 1. The Labute approximate surface area is 134 Å². The van der Waals surface area contributed by atoms with Crippen LogP contribution in [0.1, 0.15) is 29.8 Å². The molecular formula is C16H19N5O2. The van der Waals surface area contributed by atoms with Crippen LogP contribution in [0.5, 0.6) is 0 Å². The Hall–Kier alpha value is -2.83. The molecule has 0 saturated heterocycles. The van der Waals surface area contributed by atoms with E-state index in [0.717, 1.165) is 5.56 Å². The number of ether oxygens (including phenoxy) is 1. The predicted molar refractivity (Wildman–Crippen MR) is 86.4 cm³/mol. The topological polar surface area (TPSA) is 80.5 Å². The first-order valence-corrected chi connectivity index (χ1v) is 7.43. The molecule has 0 bridgehead atoms. The Bertz CT molecular complexity index is 800. The summed E-state index contributed by atoms with van der Waals surface area (Å²) in [5.74, 6) is 0.170. The minimum atomic E-state index is -0.585. The van der Waals surface area contributed by atoms with Gasteiger partial charge in [-0.2, -0.15) is 0 Å². The maximum absolute atomic E-state index is 12.2. The molecule has 0 aliphatic carbocycles. The highest BCUT2D eigenvalue weighted by Gasteiger charge is 2.36. The number of hydrogen-bond donors (Lipinski definition) is 2. The van der Waals surface area contributed by atoms with E-state index >= 15 is 0 Å². The molecule has 120 valence electrons. The zero-order valence-corrected chi connectivity index (χ0v) is 13.3. The molecule has 1 aromatic heterocycles. The monoisotopic (exact) mass is 313 g/mol. The molecule has 1 aliphatic rings. The van der Waals surface area contributed by atoms with E-state index in [0.29, 0.717) is 23.6 Å². The molecule has 2 N–H and O–H groups in total. The normalized spacial score (nSPS) is 19.7. The number of hydrogen-bond acceptors (Lipinski definition) is 6. The lowest BCUT2D eigenvalue weighted by Crippen LogP contribution is -2.40. The summed E-state index contributed by atoms with van der Waals surface area (Å²) in [5.41, 5.74) is 4.61. The maximum atomic E-state index is 12.2. The Morgan fingerprint density at radius 1 is 1.39 bits per heavy atom. The van der Waals surface area contributed by atoms with E-state index in [9.17, 15) is 4.79 Å². The Morgan fingerprint density at radius 2 is 2.13 bits per heavy atom. The number of aromatic nitrogens is 2. The molecule has 0 spiro atoms. The number of carbonyl (C=O) groups is 1. The first kappa shape index (κ1) is 15.1. The van der Waals surface area contributed by atoms with Crippen LogP contribution in [-0.2, 0) is 10.4 Å². The highest BCUT2D eigenvalue weighted by Crippen LogP contribution is 2.31. The Kier molecular flexibility index (Phi) is 3.77. The van der Waals surface area contributed by atoms with Gasteiger partial charge in [0.15, 0.2) is 0 Å². The van der Waals surface area contributed by atoms with E-state index < -0.39 is 11.6 Å². The SMILES string of the molecule is CCOC(=O)c1cnc(=NC)n2c1NC(C)(c1ccccc1)N2. The lowest BCUT2D eigenvalue weighted by atomic mass is 10.0. The molecule has 0 radical (unpaired) electrons. The lowest BCUT2D eigenvalue weighted by molar-refractivity contribution is 0.0526. The Balaban J connectivity index is 2.10. The molecule has 0 fully saturated rings. The van der Waals surface area contributed by atoms with Gasteiger partial charge < -0.3 is 10.1 Å². The van der Waals surface area contributed by atoms with Gasteiger partial charge in [-0.05, 0) is 19.4 Å². The Morgan fingerprint density at radius 3 is 2.78 bits per heavy atom. The molecule has 2 aromatic rings. The van der Waals surface area contributed by atoms with Crippen LogP contribution in [0, 0.1) is 0 Å².